The van der Waals surface area contributed by atoms with Crippen molar-refractivity contribution in [3.8, 4) is 0 Å². The summed E-state index contributed by atoms with van der Waals surface area (Å²) in [5.74, 6) is -2.33. The Balaban J connectivity index is 5.46. The van der Waals surface area contributed by atoms with Gasteiger partial charge >= 0.3 is 39.5 Å². The second-order valence-corrected chi connectivity index (χ2v) is 29.1. The molecule has 5 unspecified atom stereocenters. The average Bonchev–Trinajstić information content (AvgIpc) is 0.933. The van der Waals surface area contributed by atoms with Gasteiger partial charge in [-0.15, -0.1) is 0 Å². The first-order valence-corrected chi connectivity index (χ1v) is 43.4. The topological polar surface area (TPSA) is 237 Å². The number of phosphoric acid groups is 2. The van der Waals surface area contributed by atoms with Crippen molar-refractivity contribution in [3.05, 3.63) is 170 Å². The molecule has 0 spiro atoms. The van der Waals surface area contributed by atoms with E-state index in [0.717, 1.165) is 161 Å². The van der Waals surface area contributed by atoms with Crippen LogP contribution in [0.15, 0.2) is 170 Å². The molecule has 3 N–H and O–H groups in total. The predicted octanol–water partition coefficient (Wildman–Crippen LogP) is 23.8. The Kier molecular flexibility index (Phi) is 73.5. The van der Waals surface area contributed by atoms with Crippen LogP contribution < -0.4 is 0 Å². The summed E-state index contributed by atoms with van der Waals surface area (Å²) in [5, 5.41) is 10.6. The second kappa shape index (κ2) is 77.6. The van der Waals surface area contributed by atoms with Gasteiger partial charge < -0.3 is 33.8 Å². The third kappa shape index (κ3) is 76.6. The molecule has 0 aromatic rings. The number of carbonyl (C=O) groups is 4. The molecule has 602 valence electrons. The Bertz CT molecular complexity index is 2680. The molecule has 0 saturated heterocycles. The lowest BCUT2D eigenvalue weighted by Crippen LogP contribution is -2.30. The molecule has 0 aromatic heterocycles. The van der Waals surface area contributed by atoms with Crippen molar-refractivity contribution in [2.24, 2.45) is 0 Å². The van der Waals surface area contributed by atoms with Crippen molar-refractivity contribution >= 4 is 39.5 Å². The first-order chi connectivity index (χ1) is 51.7. The van der Waals surface area contributed by atoms with E-state index in [0.29, 0.717) is 32.1 Å². The molecule has 0 fully saturated rings. The number of hydrogen-bond acceptors (Lipinski definition) is 15. The first kappa shape index (κ1) is 100. The second-order valence-electron chi connectivity index (χ2n) is 26.2. The van der Waals surface area contributed by atoms with Gasteiger partial charge in [-0.1, -0.05) is 301 Å². The van der Waals surface area contributed by atoms with E-state index < -0.39 is 97.5 Å². The van der Waals surface area contributed by atoms with E-state index >= 15 is 0 Å². The number of rotatable bonds is 74. The molecule has 0 bridgehead atoms. The minimum atomic E-state index is -5.01. The summed E-state index contributed by atoms with van der Waals surface area (Å²) < 4.78 is 68.5. The summed E-state index contributed by atoms with van der Waals surface area (Å²) in [6, 6.07) is 0. The number of ether oxygens (including phenoxy) is 4. The molecule has 0 amide bonds. The lowest BCUT2D eigenvalue weighted by atomic mass is 10.0. The Morgan fingerprint density at radius 3 is 0.821 bits per heavy atom. The van der Waals surface area contributed by atoms with Gasteiger partial charge in [0.25, 0.3) is 0 Å². The Labute approximate surface area is 642 Å². The third-order valence-corrected chi connectivity index (χ3v) is 18.1. The minimum absolute atomic E-state index is 0.0263. The van der Waals surface area contributed by atoms with Gasteiger partial charge in [0.2, 0.25) is 0 Å². The Hall–Kier alpha value is -5.58. The Morgan fingerprint density at radius 2 is 0.509 bits per heavy atom. The standard InChI is InChI=1S/C87H142O17P2/c1-5-9-13-17-21-25-29-33-36-38-40-42-45-48-51-55-59-63-67-71-84(89)97-77-82(103-86(91)73-69-65-61-57-53-47-32-28-24-20-16-12-8-4)79-101-105(93,94)99-75-81(88)76-100-106(95,96)102-80-83(104-87(92)74-70-66-62-58-54-50-44-35-31-27-23-19-15-11-7-3)78-98-85(90)72-68-64-60-56-52-49-46-43-41-39-37-34-30-26-22-18-14-10-6-2/h9-11,13-15,21-23,25-27,33-37,40-44,48-49,51-52,60,64,81-83,88H,5-8,12,16-20,24,28-32,38-39,45-47,50,53-59,61-63,65-80H2,1-4H3,(H,93,94)(H,95,96)/b13-9-,14-10-,15-11-,25-21-,26-22-,27-23-,36-33-,37-34-,42-40-,43-41-,44-35-,51-48-,52-49-,64-60-. The van der Waals surface area contributed by atoms with Crippen LogP contribution in [0.25, 0.3) is 0 Å². The van der Waals surface area contributed by atoms with Gasteiger partial charge in [-0.25, -0.2) is 9.13 Å². The Morgan fingerprint density at radius 1 is 0.274 bits per heavy atom. The first-order valence-electron chi connectivity index (χ1n) is 40.4. The molecule has 0 rings (SSSR count). The molecule has 17 nitrogen and oxygen atoms in total. The van der Waals surface area contributed by atoms with Crippen molar-refractivity contribution in [2.75, 3.05) is 39.6 Å². The number of unbranched alkanes of at least 4 members (excludes halogenated alkanes) is 20. The highest BCUT2D eigenvalue weighted by Gasteiger charge is 2.30. The molecular formula is C87H142O17P2. The molecule has 0 saturated carbocycles. The van der Waals surface area contributed by atoms with E-state index in [2.05, 4.69) is 180 Å². The number of esters is 4. The van der Waals surface area contributed by atoms with E-state index in [4.69, 9.17) is 37.0 Å². The monoisotopic (exact) mass is 1520 g/mol. The zero-order chi connectivity index (χ0) is 77.4. The third-order valence-electron chi connectivity index (χ3n) is 16.2. The van der Waals surface area contributed by atoms with Gasteiger partial charge in [-0.05, 0) is 141 Å². The molecule has 106 heavy (non-hydrogen) atoms. The highest BCUT2D eigenvalue weighted by molar-refractivity contribution is 7.47. The van der Waals surface area contributed by atoms with E-state index in [1.165, 1.54) is 51.4 Å². The fourth-order valence-corrected chi connectivity index (χ4v) is 11.7. The maximum atomic E-state index is 13.1. The molecule has 5 atom stereocenters. The molecule has 0 aromatic carbocycles. The van der Waals surface area contributed by atoms with Crippen molar-refractivity contribution < 1.29 is 80.2 Å². The van der Waals surface area contributed by atoms with E-state index in [1.807, 2.05) is 18.2 Å². The van der Waals surface area contributed by atoms with Crippen molar-refractivity contribution in [3.63, 3.8) is 0 Å². The van der Waals surface area contributed by atoms with Crippen molar-refractivity contribution in [1.82, 2.24) is 0 Å². The number of allylic oxidation sites excluding steroid dienone is 28. The highest BCUT2D eigenvalue weighted by atomic mass is 31.2. The highest BCUT2D eigenvalue weighted by Crippen LogP contribution is 2.45. The maximum absolute atomic E-state index is 13.1. The summed E-state index contributed by atoms with van der Waals surface area (Å²) in [7, 11) is -10.0. The lowest BCUT2D eigenvalue weighted by Gasteiger charge is -2.21. The van der Waals surface area contributed by atoms with Crippen LogP contribution in [-0.2, 0) is 65.4 Å². The smallest absolute Gasteiger partial charge is 0.462 e. The SMILES string of the molecule is CC/C=C\C/C=C\C/C=C\C/C=C\C/C=C\C/C=C\CCC(=O)OCC(COP(=O)(O)OCC(O)COP(=O)(O)OCC(COC(=O)CCCCC/C=C\C/C=C\C/C=C\C/C=C\C/C=C\CC)OC(=O)CCCCCCCCCCCCCCC)OC(=O)CCCCCCC/C=C\C/C=C\C/C=C\CC. The molecule has 0 radical (unpaired) electrons. The average molecular weight is 1520 g/mol. The molecule has 0 aliphatic heterocycles. The van der Waals surface area contributed by atoms with Crippen LogP contribution in [0.3, 0.4) is 0 Å². The summed E-state index contributed by atoms with van der Waals surface area (Å²) in [6.45, 7) is 4.39. The van der Waals surface area contributed by atoms with Gasteiger partial charge in [0, 0.05) is 25.7 Å². The minimum Gasteiger partial charge on any atom is -0.462 e. The predicted molar refractivity (Wildman–Crippen MR) is 436 cm³/mol. The zero-order valence-electron chi connectivity index (χ0n) is 65.8. The summed E-state index contributed by atoms with van der Waals surface area (Å²) >= 11 is 0. The van der Waals surface area contributed by atoms with Gasteiger partial charge in [0.05, 0.1) is 26.4 Å². The summed E-state index contributed by atoms with van der Waals surface area (Å²) in [5.41, 5.74) is 0. The summed E-state index contributed by atoms with van der Waals surface area (Å²) in [6.07, 6.45) is 92.0. The van der Waals surface area contributed by atoms with Crippen LogP contribution in [0.4, 0.5) is 0 Å². The van der Waals surface area contributed by atoms with Crippen LogP contribution >= 0.6 is 15.6 Å². The van der Waals surface area contributed by atoms with Gasteiger partial charge in [-0.2, -0.15) is 0 Å². The van der Waals surface area contributed by atoms with Crippen LogP contribution in [0.2, 0.25) is 0 Å². The van der Waals surface area contributed by atoms with E-state index in [9.17, 15) is 43.2 Å². The zero-order valence-corrected chi connectivity index (χ0v) is 67.6. The van der Waals surface area contributed by atoms with Crippen LogP contribution in [0, 0.1) is 0 Å². The molecule has 0 heterocycles. The number of phosphoric ester groups is 2. The van der Waals surface area contributed by atoms with E-state index in [1.54, 1.807) is 0 Å². The van der Waals surface area contributed by atoms with Gasteiger partial charge in [0.1, 0.15) is 19.3 Å². The molecular weight excluding hydrogens is 1380 g/mol. The molecule has 0 aliphatic carbocycles. The van der Waals surface area contributed by atoms with Gasteiger partial charge in [0.15, 0.2) is 12.2 Å². The van der Waals surface area contributed by atoms with Crippen LogP contribution in [0.5, 0.6) is 0 Å². The van der Waals surface area contributed by atoms with Crippen LogP contribution in [0.1, 0.15) is 297 Å². The summed E-state index contributed by atoms with van der Waals surface area (Å²) in [4.78, 5) is 73.0. The number of aliphatic hydroxyl groups excluding tert-OH is 1. The number of carbonyl (C=O) groups excluding carboxylic acids is 4. The van der Waals surface area contributed by atoms with E-state index in [-0.39, 0.29) is 25.7 Å². The van der Waals surface area contributed by atoms with Crippen LogP contribution in [-0.4, -0.2) is 96.7 Å². The molecule has 19 heteroatoms. The normalized spacial score (nSPS) is 14.7. The maximum Gasteiger partial charge on any atom is 0.472 e. The quantitative estimate of drug-likeness (QED) is 0.0169. The fourth-order valence-electron chi connectivity index (χ4n) is 10.2. The van der Waals surface area contributed by atoms with Crippen molar-refractivity contribution in [1.29, 1.82) is 0 Å². The van der Waals surface area contributed by atoms with Crippen molar-refractivity contribution in [2.45, 2.75) is 316 Å². The van der Waals surface area contributed by atoms with Gasteiger partial charge in [-0.3, -0.25) is 37.3 Å². The largest absolute Gasteiger partial charge is 0.472 e. The fraction of sp³-hybridized carbons (Fsp3) is 0.632. The molecule has 0 aliphatic rings. The number of aliphatic hydroxyl groups is 1. The lowest BCUT2D eigenvalue weighted by molar-refractivity contribution is -0.161. The number of hydrogen-bond donors (Lipinski definition) is 3.